The second-order valence-electron chi connectivity index (χ2n) is 3.58. The molecule has 1 aromatic heterocycles. The average Bonchev–Trinajstić information content (AvgIpc) is 2.38. The molecule has 1 heterocycles. The SMILES string of the molecule is O=C(c1cnccn1)c1cccc(C(F)(F)F)c1F. The highest BCUT2D eigenvalue weighted by Crippen LogP contribution is 2.32. The first-order valence-corrected chi connectivity index (χ1v) is 5.07. The Balaban J connectivity index is 2.50. The predicted molar refractivity (Wildman–Crippen MR) is 56.9 cm³/mol. The van der Waals surface area contributed by atoms with Crippen LogP contribution in [0.4, 0.5) is 17.6 Å². The molecule has 1 aromatic carbocycles. The van der Waals surface area contributed by atoms with Gasteiger partial charge in [0.2, 0.25) is 5.78 Å². The molecule has 0 saturated heterocycles. The Bertz CT molecular complexity index is 611. The van der Waals surface area contributed by atoms with Gasteiger partial charge >= 0.3 is 6.18 Å². The normalized spacial score (nSPS) is 11.4. The van der Waals surface area contributed by atoms with Crippen molar-refractivity contribution in [3.8, 4) is 0 Å². The summed E-state index contributed by atoms with van der Waals surface area (Å²) in [5.74, 6) is -2.55. The predicted octanol–water partition coefficient (Wildman–Crippen LogP) is 2.87. The zero-order chi connectivity index (χ0) is 14.0. The van der Waals surface area contributed by atoms with Crippen molar-refractivity contribution in [3.63, 3.8) is 0 Å². The number of halogens is 4. The van der Waals surface area contributed by atoms with Gasteiger partial charge in [-0.15, -0.1) is 0 Å². The van der Waals surface area contributed by atoms with Gasteiger partial charge in [0.25, 0.3) is 0 Å². The number of carbonyl (C=O) groups excluding carboxylic acids is 1. The number of aromatic nitrogens is 2. The van der Waals surface area contributed by atoms with E-state index < -0.39 is 28.9 Å². The lowest BCUT2D eigenvalue weighted by Gasteiger charge is -2.10. The molecule has 2 aromatic rings. The molecule has 0 aliphatic heterocycles. The number of rotatable bonds is 2. The van der Waals surface area contributed by atoms with Crippen LogP contribution >= 0.6 is 0 Å². The van der Waals surface area contributed by atoms with E-state index in [-0.39, 0.29) is 5.69 Å². The Kier molecular flexibility index (Phi) is 3.28. The molecule has 0 saturated carbocycles. The summed E-state index contributed by atoms with van der Waals surface area (Å²) in [6, 6.07) is 2.51. The molecule has 0 aliphatic rings. The van der Waals surface area contributed by atoms with Gasteiger partial charge in [0.15, 0.2) is 0 Å². The van der Waals surface area contributed by atoms with E-state index in [1.165, 1.54) is 12.4 Å². The van der Waals surface area contributed by atoms with Gasteiger partial charge in [0.05, 0.1) is 17.3 Å². The highest BCUT2D eigenvalue weighted by molar-refractivity contribution is 6.07. The van der Waals surface area contributed by atoms with E-state index in [9.17, 15) is 22.4 Å². The Labute approximate surface area is 104 Å². The van der Waals surface area contributed by atoms with Crippen LogP contribution in [0.25, 0.3) is 0 Å². The van der Waals surface area contributed by atoms with Crippen molar-refractivity contribution < 1.29 is 22.4 Å². The number of benzene rings is 1. The summed E-state index contributed by atoms with van der Waals surface area (Å²) in [5, 5.41) is 0. The fraction of sp³-hybridized carbons (Fsp3) is 0.0833. The Morgan fingerprint density at radius 3 is 2.47 bits per heavy atom. The van der Waals surface area contributed by atoms with E-state index in [2.05, 4.69) is 9.97 Å². The molecule has 0 bridgehead atoms. The van der Waals surface area contributed by atoms with Crippen molar-refractivity contribution in [1.82, 2.24) is 9.97 Å². The smallest absolute Gasteiger partial charge is 0.287 e. The molecule has 0 aliphatic carbocycles. The summed E-state index contributed by atoms with van der Waals surface area (Å²) in [6.07, 6.45) is -1.32. The second-order valence-corrected chi connectivity index (χ2v) is 3.58. The van der Waals surface area contributed by atoms with E-state index in [1.807, 2.05) is 0 Å². The van der Waals surface area contributed by atoms with Gasteiger partial charge in [-0.05, 0) is 12.1 Å². The lowest BCUT2D eigenvalue weighted by atomic mass is 10.0. The van der Waals surface area contributed by atoms with Crippen molar-refractivity contribution in [3.05, 3.63) is 59.4 Å². The van der Waals surface area contributed by atoms with Crippen molar-refractivity contribution in [2.45, 2.75) is 6.18 Å². The first-order valence-electron chi connectivity index (χ1n) is 5.07. The molecule has 0 spiro atoms. The van der Waals surface area contributed by atoms with Crippen molar-refractivity contribution in [2.24, 2.45) is 0 Å². The number of hydrogen-bond donors (Lipinski definition) is 0. The fourth-order valence-electron chi connectivity index (χ4n) is 1.48. The zero-order valence-electron chi connectivity index (χ0n) is 9.28. The number of hydrogen-bond acceptors (Lipinski definition) is 3. The van der Waals surface area contributed by atoms with Gasteiger partial charge in [-0.2, -0.15) is 13.2 Å². The maximum atomic E-state index is 13.7. The van der Waals surface area contributed by atoms with Crippen LogP contribution in [0.15, 0.2) is 36.8 Å². The summed E-state index contributed by atoms with van der Waals surface area (Å²) in [4.78, 5) is 19.1. The monoisotopic (exact) mass is 270 g/mol. The van der Waals surface area contributed by atoms with Crippen molar-refractivity contribution in [1.29, 1.82) is 0 Å². The standard InChI is InChI=1S/C12H6F4N2O/c13-10-7(2-1-3-8(10)12(14,15)16)11(19)9-6-17-4-5-18-9/h1-6H. The Morgan fingerprint density at radius 2 is 1.89 bits per heavy atom. The van der Waals surface area contributed by atoms with Crippen LogP contribution in [0.2, 0.25) is 0 Å². The van der Waals surface area contributed by atoms with Crippen LogP contribution in [0.5, 0.6) is 0 Å². The minimum Gasteiger partial charge on any atom is -0.287 e. The Morgan fingerprint density at radius 1 is 1.16 bits per heavy atom. The molecule has 0 radical (unpaired) electrons. The average molecular weight is 270 g/mol. The van der Waals surface area contributed by atoms with Gasteiger partial charge in [0, 0.05) is 12.4 Å². The molecule has 3 nitrogen and oxygen atoms in total. The molecule has 2 rings (SSSR count). The molecule has 98 valence electrons. The van der Waals surface area contributed by atoms with Gasteiger partial charge in [-0.3, -0.25) is 9.78 Å². The number of ketones is 1. The summed E-state index contributed by atoms with van der Waals surface area (Å²) in [7, 11) is 0. The van der Waals surface area contributed by atoms with Crippen LogP contribution in [-0.4, -0.2) is 15.8 Å². The molecular formula is C12H6F4N2O. The Hall–Kier alpha value is -2.31. The van der Waals surface area contributed by atoms with Gasteiger partial charge in [-0.25, -0.2) is 9.37 Å². The lowest BCUT2D eigenvalue weighted by molar-refractivity contribution is -0.140. The highest BCUT2D eigenvalue weighted by atomic mass is 19.4. The van der Waals surface area contributed by atoms with Gasteiger partial charge < -0.3 is 0 Å². The minimum atomic E-state index is -4.86. The molecule has 19 heavy (non-hydrogen) atoms. The molecule has 7 heteroatoms. The lowest BCUT2D eigenvalue weighted by Crippen LogP contribution is -2.13. The summed E-state index contributed by atoms with van der Waals surface area (Å²) < 4.78 is 51.3. The number of nitrogens with zero attached hydrogens (tertiary/aromatic N) is 2. The molecule has 0 unspecified atom stereocenters. The van der Waals surface area contributed by atoms with Crippen molar-refractivity contribution in [2.75, 3.05) is 0 Å². The van der Waals surface area contributed by atoms with E-state index in [4.69, 9.17) is 0 Å². The molecule has 0 atom stereocenters. The quantitative estimate of drug-likeness (QED) is 0.622. The third kappa shape index (κ3) is 2.59. The maximum Gasteiger partial charge on any atom is 0.419 e. The maximum absolute atomic E-state index is 13.7. The number of alkyl halides is 3. The molecule has 0 N–H and O–H groups in total. The first kappa shape index (κ1) is 13.1. The highest BCUT2D eigenvalue weighted by Gasteiger charge is 2.35. The van der Waals surface area contributed by atoms with Crippen LogP contribution in [0.3, 0.4) is 0 Å². The fourth-order valence-corrected chi connectivity index (χ4v) is 1.48. The van der Waals surface area contributed by atoms with E-state index in [0.29, 0.717) is 6.07 Å². The van der Waals surface area contributed by atoms with E-state index >= 15 is 0 Å². The largest absolute Gasteiger partial charge is 0.419 e. The van der Waals surface area contributed by atoms with Crippen LogP contribution < -0.4 is 0 Å². The van der Waals surface area contributed by atoms with Crippen LogP contribution in [0.1, 0.15) is 21.6 Å². The summed E-state index contributed by atoms with van der Waals surface area (Å²) in [6.45, 7) is 0. The first-order chi connectivity index (χ1) is 8.91. The third-order valence-electron chi connectivity index (χ3n) is 2.34. The summed E-state index contributed by atoms with van der Waals surface area (Å²) in [5.41, 5.74) is -2.39. The van der Waals surface area contributed by atoms with Crippen LogP contribution in [-0.2, 0) is 6.18 Å². The van der Waals surface area contributed by atoms with Crippen LogP contribution in [0, 0.1) is 5.82 Å². The van der Waals surface area contributed by atoms with E-state index in [1.54, 1.807) is 0 Å². The zero-order valence-corrected chi connectivity index (χ0v) is 9.28. The third-order valence-corrected chi connectivity index (χ3v) is 2.34. The second kappa shape index (κ2) is 4.75. The molecule has 0 fully saturated rings. The molecule has 0 amide bonds. The van der Waals surface area contributed by atoms with Crippen molar-refractivity contribution >= 4 is 5.78 Å². The minimum absolute atomic E-state index is 0.222. The summed E-state index contributed by atoms with van der Waals surface area (Å²) >= 11 is 0. The van der Waals surface area contributed by atoms with Gasteiger partial charge in [-0.1, -0.05) is 6.07 Å². The number of carbonyl (C=O) groups is 1. The molecular weight excluding hydrogens is 264 g/mol. The van der Waals surface area contributed by atoms with E-state index in [0.717, 1.165) is 18.3 Å². The topological polar surface area (TPSA) is 42.9 Å². The van der Waals surface area contributed by atoms with Gasteiger partial charge in [0.1, 0.15) is 11.5 Å².